The predicted octanol–water partition coefficient (Wildman–Crippen LogP) is 1.79. The number of nitrogens with zero attached hydrogens (tertiary/aromatic N) is 1. The molecular weight excluding hydrogens is 251 g/mol. The fourth-order valence-electron chi connectivity index (χ4n) is 0.863. The Bertz CT molecular complexity index is 492. The lowest BCUT2D eigenvalue weighted by Gasteiger charge is -2.02. The summed E-state index contributed by atoms with van der Waals surface area (Å²) >= 11 is 11.5. The molecule has 0 atom stereocenters. The van der Waals surface area contributed by atoms with Gasteiger partial charge in [0.25, 0.3) is 0 Å². The number of amidine groups is 1. The summed E-state index contributed by atoms with van der Waals surface area (Å²) in [5, 5.41) is 4.09. The van der Waals surface area contributed by atoms with Crippen molar-refractivity contribution >= 4 is 35.0 Å². The molecule has 0 bridgehead atoms. The van der Waals surface area contributed by atoms with Gasteiger partial charge in [-0.1, -0.05) is 28.4 Å². The number of carbonyl (C=O) groups excluding carboxylic acids is 1. The summed E-state index contributed by atoms with van der Waals surface area (Å²) in [5.41, 5.74) is 5.92. The molecule has 0 heterocycles. The first-order chi connectivity index (χ1) is 7.54. The molecule has 0 aliphatic heterocycles. The highest BCUT2D eigenvalue weighted by Gasteiger charge is 2.06. The molecule has 0 saturated heterocycles. The lowest BCUT2D eigenvalue weighted by atomic mass is 10.2. The van der Waals surface area contributed by atoms with E-state index < -0.39 is 5.97 Å². The van der Waals surface area contributed by atoms with Gasteiger partial charge >= 0.3 is 5.97 Å². The molecule has 16 heavy (non-hydrogen) atoms. The van der Waals surface area contributed by atoms with Crippen molar-refractivity contribution in [1.82, 2.24) is 0 Å². The maximum atomic E-state index is 10.6. The van der Waals surface area contributed by atoms with Crippen molar-refractivity contribution in [1.29, 1.82) is 0 Å². The Morgan fingerprint density at radius 3 is 2.75 bits per heavy atom. The third-order valence-electron chi connectivity index (χ3n) is 1.55. The number of benzene rings is 1. The molecule has 0 unspecified atom stereocenters. The molecule has 0 aliphatic rings. The van der Waals surface area contributed by atoms with E-state index in [-0.39, 0.29) is 5.84 Å². The van der Waals surface area contributed by atoms with Crippen molar-refractivity contribution in [2.24, 2.45) is 10.9 Å². The van der Waals surface area contributed by atoms with Crippen molar-refractivity contribution in [3.05, 3.63) is 33.8 Å². The average Bonchev–Trinajstić information content (AvgIpc) is 2.25. The second kappa shape index (κ2) is 5.40. The Labute approximate surface area is 102 Å². The summed E-state index contributed by atoms with van der Waals surface area (Å²) in [7, 11) is 0. The Hall–Kier alpha value is -1.70. The fourth-order valence-corrected chi connectivity index (χ4v) is 1.37. The number of oxime groups is 1. The zero-order chi connectivity index (χ0) is 12.1. The molecule has 0 radical (unpaired) electrons. The topological polar surface area (TPSA) is 64.7 Å². The van der Waals surface area contributed by atoms with Crippen LogP contribution in [0.5, 0.6) is 0 Å². The van der Waals surface area contributed by atoms with Crippen LogP contribution in [0.1, 0.15) is 5.56 Å². The third-order valence-corrected chi connectivity index (χ3v) is 2.10. The Morgan fingerprint density at radius 1 is 1.50 bits per heavy atom. The van der Waals surface area contributed by atoms with E-state index in [2.05, 4.69) is 9.99 Å². The van der Waals surface area contributed by atoms with Crippen LogP contribution in [0, 0.1) is 12.3 Å². The van der Waals surface area contributed by atoms with Crippen molar-refractivity contribution in [3.63, 3.8) is 0 Å². The second-order valence-corrected chi connectivity index (χ2v) is 3.47. The summed E-state index contributed by atoms with van der Waals surface area (Å²) in [5.74, 6) is 0.716. The van der Waals surface area contributed by atoms with Gasteiger partial charge in [0, 0.05) is 16.5 Å². The van der Waals surface area contributed by atoms with Crippen LogP contribution in [0.25, 0.3) is 0 Å². The molecule has 6 heteroatoms. The van der Waals surface area contributed by atoms with Crippen LogP contribution in [0.3, 0.4) is 0 Å². The second-order valence-electron chi connectivity index (χ2n) is 2.62. The zero-order valence-electron chi connectivity index (χ0n) is 7.91. The van der Waals surface area contributed by atoms with E-state index in [1.54, 1.807) is 18.1 Å². The highest BCUT2D eigenvalue weighted by molar-refractivity contribution is 6.36. The van der Waals surface area contributed by atoms with E-state index in [9.17, 15) is 4.79 Å². The van der Waals surface area contributed by atoms with E-state index in [0.29, 0.717) is 15.6 Å². The van der Waals surface area contributed by atoms with Gasteiger partial charge in [0.1, 0.15) is 0 Å². The number of hydrogen-bond acceptors (Lipinski definition) is 3. The quantitative estimate of drug-likeness (QED) is 0.289. The number of halogens is 2. The zero-order valence-corrected chi connectivity index (χ0v) is 9.42. The summed E-state index contributed by atoms with van der Waals surface area (Å²) in [6.07, 6.45) is 4.77. The lowest BCUT2D eigenvalue weighted by Crippen LogP contribution is -2.15. The van der Waals surface area contributed by atoms with Gasteiger partial charge in [-0.05, 0) is 18.2 Å². The highest BCUT2D eigenvalue weighted by Crippen LogP contribution is 2.20. The van der Waals surface area contributed by atoms with E-state index in [1.807, 2.05) is 0 Å². The van der Waals surface area contributed by atoms with Crippen molar-refractivity contribution in [3.8, 4) is 12.3 Å². The highest BCUT2D eigenvalue weighted by atomic mass is 35.5. The smallest absolute Gasteiger partial charge is 0.380 e. The third kappa shape index (κ3) is 3.16. The van der Waals surface area contributed by atoms with E-state index in [4.69, 9.17) is 35.4 Å². The molecule has 2 N–H and O–H groups in total. The number of rotatable bonds is 2. The molecule has 1 aromatic carbocycles. The molecule has 0 spiro atoms. The van der Waals surface area contributed by atoms with Gasteiger partial charge in [-0.25, -0.2) is 4.79 Å². The molecule has 1 aromatic rings. The van der Waals surface area contributed by atoms with Crippen LogP contribution in [0.2, 0.25) is 10.0 Å². The van der Waals surface area contributed by atoms with Gasteiger partial charge in [0.05, 0.1) is 5.02 Å². The predicted molar refractivity (Wildman–Crippen MR) is 62.1 cm³/mol. The Balaban J connectivity index is 2.93. The molecule has 82 valence electrons. The van der Waals surface area contributed by atoms with E-state index in [0.717, 1.165) is 0 Å². The van der Waals surface area contributed by atoms with Gasteiger partial charge in [-0.2, -0.15) is 0 Å². The minimum Gasteiger partial charge on any atom is -0.380 e. The molecule has 0 fully saturated rings. The SMILES string of the molecule is C#CC(=O)O/N=C(\N)c1ccc(Cl)cc1Cl. The van der Waals surface area contributed by atoms with Crippen LogP contribution in [-0.4, -0.2) is 11.8 Å². The summed E-state index contributed by atoms with van der Waals surface area (Å²) in [6.45, 7) is 0. The summed E-state index contributed by atoms with van der Waals surface area (Å²) < 4.78 is 0. The van der Waals surface area contributed by atoms with Gasteiger partial charge in [0.15, 0.2) is 5.84 Å². The first-order valence-corrected chi connectivity index (χ1v) is 4.76. The first kappa shape index (κ1) is 12.4. The fraction of sp³-hybridized carbons (Fsp3) is 0. The number of nitrogens with two attached hydrogens (primary N) is 1. The molecule has 4 nitrogen and oxygen atoms in total. The summed E-state index contributed by atoms with van der Waals surface area (Å²) in [4.78, 5) is 14.9. The Morgan fingerprint density at radius 2 is 2.19 bits per heavy atom. The van der Waals surface area contributed by atoms with Crippen LogP contribution >= 0.6 is 23.2 Å². The van der Waals surface area contributed by atoms with Crippen LogP contribution < -0.4 is 5.73 Å². The maximum Gasteiger partial charge on any atom is 0.410 e. The van der Waals surface area contributed by atoms with Gasteiger partial charge in [-0.3, -0.25) is 0 Å². The molecule has 1 rings (SSSR count). The minimum absolute atomic E-state index is 0.0646. The van der Waals surface area contributed by atoms with Gasteiger partial charge in [0.2, 0.25) is 0 Å². The van der Waals surface area contributed by atoms with Crippen molar-refractivity contribution < 1.29 is 9.63 Å². The van der Waals surface area contributed by atoms with Crippen LogP contribution in [0.15, 0.2) is 23.4 Å². The van der Waals surface area contributed by atoms with Crippen LogP contribution in [0.4, 0.5) is 0 Å². The molecule has 0 saturated carbocycles. The number of hydrogen-bond donors (Lipinski definition) is 1. The van der Waals surface area contributed by atoms with Crippen molar-refractivity contribution in [2.75, 3.05) is 0 Å². The minimum atomic E-state index is -0.937. The van der Waals surface area contributed by atoms with Gasteiger partial charge in [-0.15, -0.1) is 6.42 Å². The summed E-state index contributed by atoms with van der Waals surface area (Å²) in [6, 6.07) is 4.62. The standard InChI is InChI=1S/C10H6Cl2N2O2/c1-2-9(15)16-14-10(13)7-4-3-6(11)5-8(7)12/h1,3-5H,(H2,13,14). The first-order valence-electron chi connectivity index (χ1n) is 4.01. The number of terminal acetylenes is 1. The van der Waals surface area contributed by atoms with E-state index in [1.165, 1.54) is 6.07 Å². The molecule has 0 amide bonds. The monoisotopic (exact) mass is 256 g/mol. The largest absolute Gasteiger partial charge is 0.410 e. The molecule has 0 aliphatic carbocycles. The Kier molecular flexibility index (Phi) is 4.18. The van der Waals surface area contributed by atoms with Crippen LogP contribution in [-0.2, 0) is 9.63 Å². The van der Waals surface area contributed by atoms with E-state index >= 15 is 0 Å². The van der Waals surface area contributed by atoms with Gasteiger partial charge < -0.3 is 10.6 Å². The lowest BCUT2D eigenvalue weighted by molar-refractivity contribution is -0.136. The maximum absolute atomic E-state index is 10.6. The average molecular weight is 257 g/mol. The molecule has 0 aromatic heterocycles. The molecular formula is C10H6Cl2N2O2. The normalized spacial score (nSPS) is 10.7. The van der Waals surface area contributed by atoms with Crippen molar-refractivity contribution in [2.45, 2.75) is 0 Å². The number of carbonyl (C=O) groups is 1.